The molecule has 1 heterocycles. The molecule has 0 saturated heterocycles. The Balaban J connectivity index is 2.20. The van der Waals surface area contributed by atoms with Crippen molar-refractivity contribution in [3.05, 3.63) is 36.1 Å². The minimum atomic E-state index is 0.365. The predicted octanol–water partition coefficient (Wildman–Crippen LogP) is 2.20. The zero-order valence-corrected chi connectivity index (χ0v) is 9.14. The van der Waals surface area contributed by atoms with Crippen molar-refractivity contribution in [3.63, 3.8) is 0 Å². The Morgan fingerprint density at radius 3 is 2.62 bits per heavy atom. The Kier molecular flexibility index (Phi) is 3.22. The molecule has 0 amide bonds. The molecule has 0 atom stereocenters. The van der Waals surface area contributed by atoms with Crippen molar-refractivity contribution < 1.29 is 9.26 Å². The van der Waals surface area contributed by atoms with Gasteiger partial charge in [0.25, 0.3) is 0 Å². The topological polar surface area (TPSA) is 61.3 Å². The maximum absolute atomic E-state index is 5.45. The molecule has 1 aromatic carbocycles. The largest absolute Gasteiger partial charge is 0.494 e. The second kappa shape index (κ2) is 4.81. The van der Waals surface area contributed by atoms with Crippen molar-refractivity contribution in [2.24, 2.45) is 5.73 Å². The molecule has 2 aromatic rings. The molecule has 0 fully saturated rings. The number of nitrogens with zero attached hydrogens (tertiary/aromatic N) is 1. The number of hydrogen-bond donors (Lipinski definition) is 1. The van der Waals surface area contributed by atoms with Gasteiger partial charge in [0.1, 0.15) is 11.4 Å². The van der Waals surface area contributed by atoms with Crippen molar-refractivity contribution in [2.75, 3.05) is 6.61 Å². The van der Waals surface area contributed by atoms with Crippen molar-refractivity contribution in [3.8, 4) is 17.0 Å². The second-order valence-electron chi connectivity index (χ2n) is 3.34. The SMILES string of the molecule is CCOc1ccc(-c2cc(CN)on2)cc1. The first-order valence-corrected chi connectivity index (χ1v) is 5.22. The van der Waals surface area contributed by atoms with Crippen molar-refractivity contribution >= 4 is 0 Å². The summed E-state index contributed by atoms with van der Waals surface area (Å²) in [5, 5.41) is 3.94. The summed E-state index contributed by atoms with van der Waals surface area (Å²) in [6.45, 7) is 2.99. The number of hydrogen-bond acceptors (Lipinski definition) is 4. The first kappa shape index (κ1) is 10.7. The van der Waals surface area contributed by atoms with Crippen LogP contribution in [0.5, 0.6) is 5.75 Å². The van der Waals surface area contributed by atoms with Gasteiger partial charge in [-0.15, -0.1) is 0 Å². The van der Waals surface area contributed by atoms with Crippen molar-refractivity contribution in [2.45, 2.75) is 13.5 Å². The molecule has 1 aromatic heterocycles. The maximum Gasteiger partial charge on any atom is 0.150 e. The lowest BCUT2D eigenvalue weighted by atomic mass is 10.1. The van der Waals surface area contributed by atoms with Gasteiger partial charge in [0.15, 0.2) is 5.76 Å². The number of benzene rings is 1. The van der Waals surface area contributed by atoms with Crippen LogP contribution in [0.1, 0.15) is 12.7 Å². The first-order chi connectivity index (χ1) is 7.83. The Morgan fingerprint density at radius 1 is 1.31 bits per heavy atom. The summed E-state index contributed by atoms with van der Waals surface area (Å²) in [4.78, 5) is 0. The molecular weight excluding hydrogens is 204 g/mol. The summed E-state index contributed by atoms with van der Waals surface area (Å²) >= 11 is 0. The Bertz CT molecular complexity index is 448. The molecule has 16 heavy (non-hydrogen) atoms. The summed E-state index contributed by atoms with van der Waals surface area (Å²) in [5.41, 5.74) is 7.24. The van der Waals surface area contributed by atoms with Gasteiger partial charge in [0.2, 0.25) is 0 Å². The van der Waals surface area contributed by atoms with E-state index in [4.69, 9.17) is 15.0 Å². The molecule has 0 bridgehead atoms. The molecule has 4 heteroatoms. The number of nitrogens with two attached hydrogens (primary N) is 1. The van der Waals surface area contributed by atoms with Crippen LogP contribution in [0.15, 0.2) is 34.9 Å². The number of ether oxygens (including phenoxy) is 1. The average Bonchev–Trinajstić information content (AvgIpc) is 2.79. The fourth-order valence-corrected chi connectivity index (χ4v) is 1.43. The first-order valence-electron chi connectivity index (χ1n) is 5.22. The standard InChI is InChI=1S/C12H14N2O2/c1-2-15-10-5-3-9(4-6-10)12-7-11(8-13)16-14-12/h3-7H,2,8,13H2,1H3. The highest BCUT2D eigenvalue weighted by atomic mass is 16.5. The van der Waals surface area contributed by atoms with Crippen molar-refractivity contribution in [1.82, 2.24) is 5.16 Å². The molecule has 4 nitrogen and oxygen atoms in total. The summed E-state index contributed by atoms with van der Waals surface area (Å²) in [6.07, 6.45) is 0. The van der Waals surface area contributed by atoms with E-state index < -0.39 is 0 Å². The van der Waals surface area contributed by atoms with Gasteiger partial charge in [0, 0.05) is 11.6 Å². The van der Waals surface area contributed by atoms with E-state index in [2.05, 4.69) is 5.16 Å². The summed E-state index contributed by atoms with van der Waals surface area (Å²) < 4.78 is 10.4. The fraction of sp³-hybridized carbons (Fsp3) is 0.250. The zero-order valence-electron chi connectivity index (χ0n) is 9.14. The summed E-state index contributed by atoms with van der Waals surface area (Å²) in [7, 11) is 0. The van der Waals surface area contributed by atoms with E-state index in [0.717, 1.165) is 17.0 Å². The van der Waals surface area contributed by atoms with E-state index >= 15 is 0 Å². The Hall–Kier alpha value is -1.81. The molecule has 0 radical (unpaired) electrons. The minimum absolute atomic E-state index is 0.365. The van der Waals surface area contributed by atoms with E-state index in [1.54, 1.807) is 0 Å². The number of rotatable bonds is 4. The van der Waals surface area contributed by atoms with Gasteiger partial charge < -0.3 is 15.0 Å². The highest BCUT2D eigenvalue weighted by Crippen LogP contribution is 2.22. The Morgan fingerprint density at radius 2 is 2.06 bits per heavy atom. The molecule has 0 spiro atoms. The quantitative estimate of drug-likeness (QED) is 0.854. The fourth-order valence-electron chi connectivity index (χ4n) is 1.43. The average molecular weight is 218 g/mol. The van der Waals surface area contributed by atoms with Crippen LogP contribution in [-0.4, -0.2) is 11.8 Å². The van der Waals surface area contributed by atoms with Gasteiger partial charge in [-0.2, -0.15) is 0 Å². The minimum Gasteiger partial charge on any atom is -0.494 e. The van der Waals surface area contributed by atoms with Crippen LogP contribution in [0.25, 0.3) is 11.3 Å². The van der Waals surface area contributed by atoms with E-state index in [1.807, 2.05) is 37.3 Å². The van der Waals surface area contributed by atoms with Crippen LogP contribution in [0.3, 0.4) is 0 Å². The monoisotopic (exact) mass is 218 g/mol. The molecular formula is C12H14N2O2. The lowest BCUT2D eigenvalue weighted by Gasteiger charge is -2.02. The third kappa shape index (κ3) is 2.23. The maximum atomic E-state index is 5.45. The summed E-state index contributed by atoms with van der Waals surface area (Å²) in [6, 6.07) is 9.56. The molecule has 0 saturated carbocycles. The van der Waals surface area contributed by atoms with Gasteiger partial charge in [-0.3, -0.25) is 0 Å². The molecule has 84 valence electrons. The van der Waals surface area contributed by atoms with E-state index in [-0.39, 0.29) is 0 Å². The lowest BCUT2D eigenvalue weighted by Crippen LogP contribution is -1.92. The van der Waals surface area contributed by atoms with Gasteiger partial charge in [-0.05, 0) is 31.2 Å². The predicted molar refractivity (Wildman–Crippen MR) is 61.0 cm³/mol. The molecule has 0 unspecified atom stereocenters. The van der Waals surface area contributed by atoms with Gasteiger partial charge in [-0.1, -0.05) is 5.16 Å². The van der Waals surface area contributed by atoms with Crippen LogP contribution in [0, 0.1) is 0 Å². The van der Waals surface area contributed by atoms with E-state index in [0.29, 0.717) is 18.9 Å². The lowest BCUT2D eigenvalue weighted by molar-refractivity contribution is 0.340. The molecule has 0 aliphatic heterocycles. The molecule has 0 aliphatic carbocycles. The van der Waals surface area contributed by atoms with Crippen LogP contribution < -0.4 is 10.5 Å². The number of aromatic nitrogens is 1. The zero-order chi connectivity index (χ0) is 11.4. The molecule has 2 rings (SSSR count). The van der Waals surface area contributed by atoms with Crippen LogP contribution >= 0.6 is 0 Å². The second-order valence-corrected chi connectivity index (χ2v) is 3.34. The van der Waals surface area contributed by atoms with E-state index in [1.165, 1.54) is 0 Å². The Labute approximate surface area is 94.0 Å². The van der Waals surface area contributed by atoms with Crippen LogP contribution in [0.2, 0.25) is 0 Å². The van der Waals surface area contributed by atoms with Gasteiger partial charge in [0.05, 0.1) is 13.2 Å². The molecule has 0 aliphatic rings. The molecule has 2 N–H and O–H groups in total. The third-order valence-corrected chi connectivity index (χ3v) is 2.22. The smallest absolute Gasteiger partial charge is 0.150 e. The normalized spacial score (nSPS) is 10.4. The van der Waals surface area contributed by atoms with E-state index in [9.17, 15) is 0 Å². The van der Waals surface area contributed by atoms with Gasteiger partial charge in [-0.25, -0.2) is 0 Å². The highest BCUT2D eigenvalue weighted by Gasteiger charge is 2.05. The highest BCUT2D eigenvalue weighted by molar-refractivity contribution is 5.59. The summed E-state index contributed by atoms with van der Waals surface area (Å²) in [5.74, 6) is 1.54. The van der Waals surface area contributed by atoms with Crippen molar-refractivity contribution in [1.29, 1.82) is 0 Å². The van der Waals surface area contributed by atoms with Crippen LogP contribution in [0.4, 0.5) is 0 Å². The third-order valence-electron chi connectivity index (χ3n) is 2.22. The van der Waals surface area contributed by atoms with Crippen LogP contribution in [-0.2, 0) is 6.54 Å². The van der Waals surface area contributed by atoms with Gasteiger partial charge >= 0.3 is 0 Å².